The highest BCUT2D eigenvalue weighted by molar-refractivity contribution is 5.28. The SMILES string of the molecule is COc1cccc(CN2CCCC2CC(C)O)c1. The summed E-state index contributed by atoms with van der Waals surface area (Å²) in [5.41, 5.74) is 1.28. The Morgan fingerprint density at radius 3 is 3.06 bits per heavy atom. The second kappa shape index (κ2) is 6.21. The van der Waals surface area contributed by atoms with E-state index in [-0.39, 0.29) is 6.10 Å². The first-order valence-corrected chi connectivity index (χ1v) is 6.74. The van der Waals surface area contributed by atoms with Gasteiger partial charge in [-0.25, -0.2) is 0 Å². The van der Waals surface area contributed by atoms with Crippen LogP contribution < -0.4 is 4.74 Å². The summed E-state index contributed by atoms with van der Waals surface area (Å²) in [4.78, 5) is 2.47. The van der Waals surface area contributed by atoms with Crippen molar-refractivity contribution in [1.82, 2.24) is 4.90 Å². The zero-order chi connectivity index (χ0) is 13.0. The average molecular weight is 249 g/mol. The summed E-state index contributed by atoms with van der Waals surface area (Å²) in [7, 11) is 1.70. The molecule has 2 unspecified atom stereocenters. The number of methoxy groups -OCH3 is 1. The maximum atomic E-state index is 9.53. The Bertz CT molecular complexity index is 379. The molecule has 1 N–H and O–H groups in total. The molecule has 0 bridgehead atoms. The average Bonchev–Trinajstić information content (AvgIpc) is 2.76. The Morgan fingerprint density at radius 1 is 1.50 bits per heavy atom. The molecule has 0 spiro atoms. The number of nitrogens with zero attached hydrogens (tertiary/aromatic N) is 1. The molecule has 18 heavy (non-hydrogen) atoms. The summed E-state index contributed by atoms with van der Waals surface area (Å²) < 4.78 is 5.25. The number of rotatable bonds is 5. The third-order valence-electron chi connectivity index (χ3n) is 3.63. The normalized spacial score (nSPS) is 22.1. The number of hydrogen-bond acceptors (Lipinski definition) is 3. The molecule has 1 aromatic rings. The van der Waals surface area contributed by atoms with Gasteiger partial charge < -0.3 is 9.84 Å². The first kappa shape index (κ1) is 13.4. The summed E-state index contributed by atoms with van der Waals surface area (Å²) in [6.45, 7) is 3.96. The van der Waals surface area contributed by atoms with Crippen molar-refractivity contribution in [2.75, 3.05) is 13.7 Å². The monoisotopic (exact) mass is 249 g/mol. The molecule has 2 atom stereocenters. The van der Waals surface area contributed by atoms with Crippen molar-refractivity contribution in [3.63, 3.8) is 0 Å². The molecule has 1 aromatic carbocycles. The molecule has 0 amide bonds. The molecule has 0 radical (unpaired) electrons. The molecule has 0 aliphatic carbocycles. The van der Waals surface area contributed by atoms with Gasteiger partial charge in [-0.15, -0.1) is 0 Å². The fourth-order valence-corrected chi connectivity index (χ4v) is 2.77. The van der Waals surface area contributed by atoms with Gasteiger partial charge in [-0.2, -0.15) is 0 Å². The molecule has 0 aromatic heterocycles. The van der Waals surface area contributed by atoms with Crippen molar-refractivity contribution in [3.8, 4) is 5.75 Å². The van der Waals surface area contributed by atoms with Crippen molar-refractivity contribution >= 4 is 0 Å². The maximum absolute atomic E-state index is 9.53. The van der Waals surface area contributed by atoms with Gasteiger partial charge in [0.1, 0.15) is 5.75 Å². The van der Waals surface area contributed by atoms with E-state index in [1.54, 1.807) is 7.11 Å². The molecule has 1 saturated heterocycles. The molecular weight excluding hydrogens is 226 g/mol. The third-order valence-corrected chi connectivity index (χ3v) is 3.63. The van der Waals surface area contributed by atoms with Gasteiger partial charge in [-0.3, -0.25) is 4.90 Å². The van der Waals surface area contributed by atoms with Gasteiger partial charge in [0.05, 0.1) is 13.2 Å². The predicted octanol–water partition coefficient (Wildman–Crippen LogP) is 2.43. The third kappa shape index (κ3) is 3.47. The molecule has 3 nitrogen and oxygen atoms in total. The van der Waals surface area contributed by atoms with Gasteiger partial charge in [-0.1, -0.05) is 12.1 Å². The highest BCUT2D eigenvalue weighted by atomic mass is 16.5. The van der Waals surface area contributed by atoms with Crippen molar-refractivity contribution in [1.29, 1.82) is 0 Å². The van der Waals surface area contributed by atoms with Crippen LogP contribution in [0.15, 0.2) is 24.3 Å². The number of hydrogen-bond donors (Lipinski definition) is 1. The fraction of sp³-hybridized carbons (Fsp3) is 0.600. The Morgan fingerprint density at radius 2 is 2.33 bits per heavy atom. The van der Waals surface area contributed by atoms with Crippen LogP contribution in [0.3, 0.4) is 0 Å². The molecule has 3 heteroatoms. The van der Waals surface area contributed by atoms with Crippen LogP contribution >= 0.6 is 0 Å². The standard InChI is InChI=1S/C15H23NO2/c1-12(17)9-14-6-4-8-16(14)11-13-5-3-7-15(10-13)18-2/h3,5,7,10,12,14,17H,4,6,8-9,11H2,1-2H3. The molecule has 1 heterocycles. The van der Waals surface area contributed by atoms with E-state index in [4.69, 9.17) is 4.74 Å². The Balaban J connectivity index is 1.98. The van der Waals surface area contributed by atoms with Crippen LogP contribution in [0.2, 0.25) is 0 Å². The van der Waals surface area contributed by atoms with E-state index >= 15 is 0 Å². The highest BCUT2D eigenvalue weighted by Gasteiger charge is 2.25. The van der Waals surface area contributed by atoms with Crippen molar-refractivity contribution < 1.29 is 9.84 Å². The zero-order valence-electron chi connectivity index (χ0n) is 11.3. The highest BCUT2D eigenvalue weighted by Crippen LogP contribution is 2.24. The number of benzene rings is 1. The number of ether oxygens (including phenoxy) is 1. The van der Waals surface area contributed by atoms with Gasteiger partial charge in [0.15, 0.2) is 0 Å². The van der Waals surface area contributed by atoms with Crippen LogP contribution in [0.4, 0.5) is 0 Å². The van der Waals surface area contributed by atoms with E-state index in [2.05, 4.69) is 17.0 Å². The summed E-state index contributed by atoms with van der Waals surface area (Å²) in [6.07, 6.45) is 3.11. The van der Waals surface area contributed by atoms with E-state index in [1.165, 1.54) is 18.4 Å². The lowest BCUT2D eigenvalue weighted by molar-refractivity contribution is 0.130. The van der Waals surface area contributed by atoms with Gasteiger partial charge in [0.2, 0.25) is 0 Å². The summed E-state index contributed by atoms with van der Waals surface area (Å²) in [6, 6.07) is 8.77. The van der Waals surface area contributed by atoms with Crippen LogP contribution in [0, 0.1) is 0 Å². The summed E-state index contributed by atoms with van der Waals surface area (Å²) in [5, 5.41) is 9.53. The number of aliphatic hydroxyl groups excluding tert-OH is 1. The lowest BCUT2D eigenvalue weighted by atomic mass is 10.1. The molecule has 100 valence electrons. The summed E-state index contributed by atoms with van der Waals surface area (Å²) >= 11 is 0. The van der Waals surface area contributed by atoms with E-state index in [0.29, 0.717) is 6.04 Å². The minimum Gasteiger partial charge on any atom is -0.497 e. The lowest BCUT2D eigenvalue weighted by Gasteiger charge is -2.25. The summed E-state index contributed by atoms with van der Waals surface area (Å²) in [5.74, 6) is 0.916. The van der Waals surface area contributed by atoms with E-state index in [1.807, 2.05) is 19.1 Å². The van der Waals surface area contributed by atoms with E-state index < -0.39 is 0 Å². The van der Waals surface area contributed by atoms with Crippen LogP contribution in [-0.4, -0.2) is 35.8 Å². The number of aliphatic hydroxyl groups is 1. The van der Waals surface area contributed by atoms with E-state index in [0.717, 1.165) is 25.3 Å². The van der Waals surface area contributed by atoms with Crippen LogP contribution in [-0.2, 0) is 6.54 Å². The van der Waals surface area contributed by atoms with Crippen molar-refractivity contribution in [2.45, 2.75) is 44.9 Å². The molecule has 0 saturated carbocycles. The fourth-order valence-electron chi connectivity index (χ4n) is 2.77. The molecular formula is C15H23NO2. The lowest BCUT2D eigenvalue weighted by Crippen LogP contribution is -2.31. The topological polar surface area (TPSA) is 32.7 Å². The number of likely N-dealkylation sites (tertiary alicyclic amines) is 1. The molecule has 1 aliphatic heterocycles. The quantitative estimate of drug-likeness (QED) is 0.870. The Kier molecular flexibility index (Phi) is 4.61. The van der Waals surface area contributed by atoms with Gasteiger partial charge in [-0.05, 0) is 50.4 Å². The minimum absolute atomic E-state index is 0.207. The second-order valence-electron chi connectivity index (χ2n) is 5.20. The zero-order valence-corrected chi connectivity index (χ0v) is 11.3. The minimum atomic E-state index is -0.207. The molecule has 2 rings (SSSR count). The second-order valence-corrected chi connectivity index (χ2v) is 5.20. The Hall–Kier alpha value is -1.06. The largest absolute Gasteiger partial charge is 0.497 e. The first-order valence-electron chi connectivity index (χ1n) is 6.74. The predicted molar refractivity (Wildman–Crippen MR) is 72.7 cm³/mol. The van der Waals surface area contributed by atoms with Crippen LogP contribution in [0.5, 0.6) is 5.75 Å². The Labute approximate surface area is 109 Å². The van der Waals surface area contributed by atoms with Crippen LogP contribution in [0.1, 0.15) is 31.7 Å². The van der Waals surface area contributed by atoms with Gasteiger partial charge in [0.25, 0.3) is 0 Å². The van der Waals surface area contributed by atoms with Crippen molar-refractivity contribution in [3.05, 3.63) is 29.8 Å². The first-order chi connectivity index (χ1) is 8.69. The maximum Gasteiger partial charge on any atom is 0.119 e. The van der Waals surface area contributed by atoms with E-state index in [9.17, 15) is 5.11 Å². The van der Waals surface area contributed by atoms with Crippen LogP contribution in [0.25, 0.3) is 0 Å². The van der Waals surface area contributed by atoms with Gasteiger partial charge in [0, 0.05) is 12.6 Å². The smallest absolute Gasteiger partial charge is 0.119 e. The van der Waals surface area contributed by atoms with Gasteiger partial charge >= 0.3 is 0 Å². The van der Waals surface area contributed by atoms with Crippen molar-refractivity contribution in [2.24, 2.45) is 0 Å². The molecule has 1 fully saturated rings. The molecule has 1 aliphatic rings.